The second-order valence-corrected chi connectivity index (χ2v) is 6.32. The summed E-state index contributed by atoms with van der Waals surface area (Å²) in [4.78, 5) is 6.96. The van der Waals surface area contributed by atoms with Gasteiger partial charge in [0, 0.05) is 19.3 Å². The summed E-state index contributed by atoms with van der Waals surface area (Å²) in [5.74, 6) is 1.11. The monoisotopic (exact) mass is 296 g/mol. The van der Waals surface area contributed by atoms with Gasteiger partial charge in [0.2, 0.25) is 0 Å². The highest BCUT2D eigenvalue weighted by molar-refractivity contribution is 9.10. The van der Waals surface area contributed by atoms with Crippen LogP contribution in [0.25, 0.3) is 0 Å². The smallest absolute Gasteiger partial charge is 0.142 e. The Bertz CT molecular complexity index is 395. The van der Waals surface area contributed by atoms with E-state index in [-0.39, 0.29) is 0 Å². The summed E-state index contributed by atoms with van der Waals surface area (Å²) in [7, 11) is 0. The molecule has 1 aliphatic rings. The summed E-state index contributed by atoms with van der Waals surface area (Å²) in [5.41, 5.74) is 1.74. The maximum atomic E-state index is 4.55. The van der Waals surface area contributed by atoms with Crippen molar-refractivity contribution in [3.05, 3.63) is 22.3 Å². The van der Waals surface area contributed by atoms with Crippen molar-refractivity contribution in [1.29, 1.82) is 0 Å². The van der Waals surface area contributed by atoms with Gasteiger partial charge in [-0.1, -0.05) is 20.3 Å². The average molecular weight is 297 g/mol. The Kier molecular flexibility index (Phi) is 3.76. The lowest BCUT2D eigenvalue weighted by molar-refractivity contribution is 0.237. The first kappa shape index (κ1) is 12.9. The second-order valence-electron chi connectivity index (χ2n) is 5.47. The van der Waals surface area contributed by atoms with Gasteiger partial charge in [0.25, 0.3) is 0 Å². The first-order valence-electron chi connectivity index (χ1n) is 6.41. The van der Waals surface area contributed by atoms with Gasteiger partial charge in [0.1, 0.15) is 5.82 Å². The van der Waals surface area contributed by atoms with Gasteiger partial charge in [0.15, 0.2) is 0 Å². The van der Waals surface area contributed by atoms with Crippen molar-refractivity contribution in [2.45, 2.75) is 40.0 Å². The molecule has 0 aromatic carbocycles. The van der Waals surface area contributed by atoms with E-state index in [1.54, 1.807) is 0 Å². The van der Waals surface area contributed by atoms with Crippen LogP contribution in [0, 0.1) is 12.3 Å². The number of halogens is 1. The highest BCUT2D eigenvalue weighted by Gasteiger charge is 2.29. The minimum atomic E-state index is 0.535. The standard InChI is InChI=1S/C14H21BrN2/c1-4-14(3)5-7-17(8-6-14)13-12(15)9-11(2)10-16-13/h9-10H,4-8H2,1-3H3. The highest BCUT2D eigenvalue weighted by Crippen LogP contribution is 2.36. The third kappa shape index (κ3) is 2.82. The van der Waals surface area contributed by atoms with Gasteiger partial charge < -0.3 is 4.90 Å². The van der Waals surface area contributed by atoms with Crippen molar-refractivity contribution < 1.29 is 0 Å². The van der Waals surface area contributed by atoms with Crippen LogP contribution in [0.3, 0.4) is 0 Å². The predicted molar refractivity (Wildman–Crippen MR) is 76.5 cm³/mol. The summed E-state index contributed by atoms with van der Waals surface area (Å²) in [6.07, 6.45) is 5.77. The molecule has 1 aromatic heterocycles. The van der Waals surface area contributed by atoms with Gasteiger partial charge in [0.05, 0.1) is 4.47 Å². The zero-order valence-corrected chi connectivity index (χ0v) is 12.5. The van der Waals surface area contributed by atoms with Crippen LogP contribution in [0.4, 0.5) is 5.82 Å². The van der Waals surface area contributed by atoms with Crippen molar-refractivity contribution in [3.8, 4) is 0 Å². The molecule has 0 unspecified atom stereocenters. The van der Waals surface area contributed by atoms with Gasteiger partial charge in [-0.2, -0.15) is 0 Å². The fourth-order valence-corrected chi connectivity index (χ4v) is 3.09. The van der Waals surface area contributed by atoms with Gasteiger partial charge in [-0.15, -0.1) is 0 Å². The van der Waals surface area contributed by atoms with Crippen LogP contribution in [0.2, 0.25) is 0 Å². The van der Waals surface area contributed by atoms with E-state index in [4.69, 9.17) is 0 Å². The van der Waals surface area contributed by atoms with Crippen LogP contribution in [-0.2, 0) is 0 Å². The van der Waals surface area contributed by atoms with E-state index >= 15 is 0 Å². The molecule has 1 aromatic rings. The summed E-state index contributed by atoms with van der Waals surface area (Å²) in [6, 6.07) is 2.15. The van der Waals surface area contributed by atoms with Gasteiger partial charge >= 0.3 is 0 Å². The minimum absolute atomic E-state index is 0.535. The number of piperidine rings is 1. The van der Waals surface area contributed by atoms with Crippen LogP contribution in [-0.4, -0.2) is 18.1 Å². The third-order valence-corrected chi connectivity index (χ3v) is 4.67. The molecule has 94 valence electrons. The molecule has 1 fully saturated rings. The van der Waals surface area contributed by atoms with Gasteiger partial charge in [-0.3, -0.25) is 0 Å². The molecule has 2 nitrogen and oxygen atoms in total. The van der Waals surface area contributed by atoms with E-state index in [1.807, 2.05) is 6.20 Å². The lowest BCUT2D eigenvalue weighted by Gasteiger charge is -2.39. The van der Waals surface area contributed by atoms with Crippen LogP contribution in [0.15, 0.2) is 16.7 Å². The molecular weight excluding hydrogens is 276 g/mol. The SMILES string of the molecule is CCC1(C)CCN(c2ncc(C)cc2Br)CC1. The maximum Gasteiger partial charge on any atom is 0.142 e. The van der Waals surface area contributed by atoms with Crippen molar-refractivity contribution in [2.24, 2.45) is 5.41 Å². The lowest BCUT2D eigenvalue weighted by atomic mass is 9.78. The number of anilines is 1. The van der Waals surface area contributed by atoms with Crippen molar-refractivity contribution in [1.82, 2.24) is 4.98 Å². The van der Waals surface area contributed by atoms with E-state index < -0.39 is 0 Å². The molecular formula is C14H21BrN2. The van der Waals surface area contributed by atoms with E-state index in [2.05, 4.69) is 52.7 Å². The first-order chi connectivity index (χ1) is 8.04. The summed E-state index contributed by atoms with van der Waals surface area (Å²) in [6.45, 7) is 9.03. The number of pyridine rings is 1. The number of nitrogens with zero attached hydrogens (tertiary/aromatic N) is 2. The molecule has 1 saturated heterocycles. The molecule has 0 saturated carbocycles. The van der Waals surface area contributed by atoms with Crippen LogP contribution in [0.1, 0.15) is 38.7 Å². The molecule has 2 rings (SSSR count). The highest BCUT2D eigenvalue weighted by atomic mass is 79.9. The zero-order chi connectivity index (χ0) is 12.5. The number of hydrogen-bond donors (Lipinski definition) is 0. The molecule has 0 radical (unpaired) electrons. The minimum Gasteiger partial charge on any atom is -0.356 e. The van der Waals surface area contributed by atoms with Gasteiger partial charge in [-0.25, -0.2) is 4.98 Å². The Morgan fingerprint density at radius 3 is 2.59 bits per heavy atom. The van der Waals surface area contributed by atoms with Crippen molar-refractivity contribution >= 4 is 21.7 Å². The second kappa shape index (κ2) is 4.97. The average Bonchev–Trinajstić information content (AvgIpc) is 2.31. The number of aryl methyl sites for hydroxylation is 1. The zero-order valence-electron chi connectivity index (χ0n) is 11.0. The Balaban J connectivity index is 2.10. The predicted octanol–water partition coefficient (Wildman–Crippen LogP) is 4.17. The van der Waals surface area contributed by atoms with E-state index in [9.17, 15) is 0 Å². The van der Waals surface area contributed by atoms with Crippen molar-refractivity contribution in [3.63, 3.8) is 0 Å². The molecule has 1 aliphatic heterocycles. The Morgan fingerprint density at radius 2 is 2.06 bits per heavy atom. The topological polar surface area (TPSA) is 16.1 Å². The molecule has 2 heterocycles. The molecule has 0 spiro atoms. The molecule has 0 atom stereocenters. The molecule has 0 aliphatic carbocycles. The summed E-state index contributed by atoms with van der Waals surface area (Å²) in [5, 5.41) is 0. The largest absolute Gasteiger partial charge is 0.356 e. The maximum absolute atomic E-state index is 4.55. The van der Waals surface area contributed by atoms with E-state index in [0.717, 1.165) is 23.4 Å². The first-order valence-corrected chi connectivity index (χ1v) is 7.20. The Morgan fingerprint density at radius 1 is 1.41 bits per heavy atom. The molecule has 0 N–H and O–H groups in total. The quantitative estimate of drug-likeness (QED) is 0.814. The fraction of sp³-hybridized carbons (Fsp3) is 0.643. The number of rotatable bonds is 2. The van der Waals surface area contributed by atoms with Crippen LogP contribution < -0.4 is 4.90 Å². The molecule has 3 heteroatoms. The van der Waals surface area contributed by atoms with E-state index in [0.29, 0.717) is 5.41 Å². The number of hydrogen-bond acceptors (Lipinski definition) is 2. The Hall–Kier alpha value is -0.570. The molecule has 17 heavy (non-hydrogen) atoms. The van der Waals surface area contributed by atoms with Crippen molar-refractivity contribution in [2.75, 3.05) is 18.0 Å². The molecule has 0 amide bonds. The lowest BCUT2D eigenvalue weighted by Crippen LogP contribution is -2.39. The summed E-state index contributed by atoms with van der Waals surface area (Å²) >= 11 is 3.62. The Labute approximate surface area is 113 Å². The normalized spacial score (nSPS) is 19.4. The number of aromatic nitrogens is 1. The summed E-state index contributed by atoms with van der Waals surface area (Å²) < 4.78 is 1.12. The van der Waals surface area contributed by atoms with Crippen LogP contribution in [0.5, 0.6) is 0 Å². The van der Waals surface area contributed by atoms with Gasteiger partial charge in [-0.05, 0) is 52.7 Å². The fourth-order valence-electron chi connectivity index (χ4n) is 2.37. The third-order valence-electron chi connectivity index (χ3n) is 4.08. The molecule has 0 bridgehead atoms. The van der Waals surface area contributed by atoms with E-state index in [1.165, 1.54) is 24.8 Å². The van der Waals surface area contributed by atoms with Crippen LogP contribution >= 0.6 is 15.9 Å².